The van der Waals surface area contributed by atoms with Gasteiger partial charge in [0.25, 0.3) is 0 Å². The van der Waals surface area contributed by atoms with Crippen molar-refractivity contribution in [3.63, 3.8) is 0 Å². The van der Waals surface area contributed by atoms with Crippen LogP contribution in [0.1, 0.15) is 19.3 Å². The first kappa shape index (κ1) is 19.1. The molecule has 1 aromatic carbocycles. The first-order valence-electron chi connectivity index (χ1n) is 8.38. The molecule has 0 radical (unpaired) electrons. The number of nitrogens with zero attached hydrogens (tertiary/aromatic N) is 3. The van der Waals surface area contributed by atoms with Gasteiger partial charge in [-0.3, -0.25) is 4.79 Å². The lowest BCUT2D eigenvalue weighted by atomic mass is 10.0. The Labute approximate surface area is 169 Å². The van der Waals surface area contributed by atoms with Crippen molar-refractivity contribution in [1.29, 1.82) is 0 Å². The lowest BCUT2D eigenvalue weighted by Crippen LogP contribution is -2.49. The Balaban J connectivity index is 1.63. The first-order valence-corrected chi connectivity index (χ1v) is 13.1. The van der Waals surface area contributed by atoms with Crippen molar-refractivity contribution >= 4 is 75.9 Å². The van der Waals surface area contributed by atoms with E-state index in [0.29, 0.717) is 18.1 Å². The van der Waals surface area contributed by atoms with Gasteiger partial charge in [0, 0.05) is 6.54 Å². The summed E-state index contributed by atoms with van der Waals surface area (Å²) >= 11 is 4.62. The minimum atomic E-state index is -3.42. The third kappa shape index (κ3) is 3.70. The molecule has 1 atom stereocenters. The van der Waals surface area contributed by atoms with Crippen molar-refractivity contribution in [2.24, 2.45) is 0 Å². The van der Waals surface area contributed by atoms with E-state index in [0.717, 1.165) is 43.9 Å². The summed E-state index contributed by atoms with van der Waals surface area (Å²) in [6.45, 7) is 0.385. The molecule has 11 heteroatoms. The van der Waals surface area contributed by atoms with Gasteiger partial charge in [-0.05, 0) is 31.2 Å². The van der Waals surface area contributed by atoms with Crippen LogP contribution in [0.3, 0.4) is 0 Å². The van der Waals surface area contributed by atoms with Crippen molar-refractivity contribution < 1.29 is 13.2 Å². The molecule has 1 fully saturated rings. The van der Waals surface area contributed by atoms with E-state index in [1.54, 1.807) is 23.1 Å². The van der Waals surface area contributed by atoms with Crippen LogP contribution in [0.4, 0.5) is 5.13 Å². The molecule has 0 saturated carbocycles. The molecule has 1 saturated heterocycles. The van der Waals surface area contributed by atoms with Crippen molar-refractivity contribution in [3.05, 3.63) is 12.1 Å². The van der Waals surface area contributed by atoms with E-state index in [1.165, 1.54) is 15.6 Å². The average molecular weight is 443 g/mol. The van der Waals surface area contributed by atoms with Gasteiger partial charge in [-0.25, -0.2) is 18.4 Å². The second-order valence-corrected chi connectivity index (χ2v) is 11.3. The van der Waals surface area contributed by atoms with Gasteiger partial charge in [-0.15, -0.1) is 11.3 Å². The van der Waals surface area contributed by atoms with E-state index in [1.807, 2.05) is 18.4 Å². The second kappa shape index (κ2) is 7.28. The van der Waals surface area contributed by atoms with Gasteiger partial charge in [-0.2, -0.15) is 4.31 Å². The summed E-state index contributed by atoms with van der Waals surface area (Å²) in [6, 6.07) is 3.16. The zero-order valence-corrected chi connectivity index (χ0v) is 18.0. The maximum atomic E-state index is 12.8. The molecule has 1 unspecified atom stereocenters. The molecule has 2 aromatic heterocycles. The molecule has 7 nitrogen and oxygen atoms in total. The number of piperidine rings is 1. The Bertz CT molecular complexity index is 1120. The molecular formula is C16H18N4O3S4. The Hall–Kier alpha value is -1.27. The van der Waals surface area contributed by atoms with E-state index in [2.05, 4.69) is 15.3 Å². The van der Waals surface area contributed by atoms with Crippen LogP contribution >= 0.6 is 34.4 Å². The topological polar surface area (TPSA) is 92.3 Å². The summed E-state index contributed by atoms with van der Waals surface area (Å²) in [7, 11) is -3.42. The minimum absolute atomic E-state index is 0.315. The third-order valence-corrected chi connectivity index (χ3v) is 8.98. The summed E-state index contributed by atoms with van der Waals surface area (Å²) < 4.78 is 28.3. The lowest BCUT2D eigenvalue weighted by Gasteiger charge is -2.32. The molecule has 3 heterocycles. The Morgan fingerprint density at radius 3 is 2.63 bits per heavy atom. The smallest absolute Gasteiger partial charge is 0.244 e. The molecule has 0 spiro atoms. The van der Waals surface area contributed by atoms with E-state index < -0.39 is 16.1 Å². The summed E-state index contributed by atoms with van der Waals surface area (Å²) in [5.41, 5.74) is 1.73. The van der Waals surface area contributed by atoms with Gasteiger partial charge < -0.3 is 5.32 Å². The number of amides is 1. The van der Waals surface area contributed by atoms with Crippen LogP contribution in [0, 0.1) is 0 Å². The molecule has 144 valence electrons. The Morgan fingerprint density at radius 1 is 1.22 bits per heavy atom. The number of nitrogens with one attached hydrogen (secondary N) is 1. The number of thioether (sulfide) groups is 1. The van der Waals surface area contributed by atoms with Crippen LogP contribution in [0.25, 0.3) is 20.4 Å². The number of fused-ring (bicyclic) bond motifs is 3. The highest BCUT2D eigenvalue weighted by Crippen LogP contribution is 2.38. The van der Waals surface area contributed by atoms with Crippen molar-refractivity contribution in [2.75, 3.05) is 24.4 Å². The highest BCUT2D eigenvalue weighted by molar-refractivity contribution is 8.00. The molecule has 0 bridgehead atoms. The number of aromatic nitrogens is 2. The van der Waals surface area contributed by atoms with Gasteiger partial charge in [0.15, 0.2) is 9.47 Å². The van der Waals surface area contributed by atoms with Crippen molar-refractivity contribution in [3.8, 4) is 0 Å². The summed E-state index contributed by atoms with van der Waals surface area (Å²) in [6.07, 6.45) is 5.28. The fraction of sp³-hybridized carbons (Fsp3) is 0.438. The van der Waals surface area contributed by atoms with Crippen LogP contribution in [-0.2, 0) is 14.8 Å². The monoisotopic (exact) mass is 442 g/mol. The first-order chi connectivity index (χ1) is 12.9. The molecule has 3 aromatic rings. The molecule has 1 N–H and O–H groups in total. The minimum Gasteiger partial charge on any atom is -0.301 e. The predicted octanol–water partition coefficient (Wildman–Crippen LogP) is 3.38. The van der Waals surface area contributed by atoms with Crippen LogP contribution in [0.2, 0.25) is 0 Å². The predicted molar refractivity (Wildman–Crippen MR) is 112 cm³/mol. The summed E-state index contributed by atoms with van der Waals surface area (Å²) in [5, 5.41) is 3.32. The number of thiazole rings is 2. The maximum Gasteiger partial charge on any atom is 0.244 e. The van der Waals surface area contributed by atoms with Crippen LogP contribution < -0.4 is 5.32 Å². The van der Waals surface area contributed by atoms with Gasteiger partial charge in [-0.1, -0.05) is 29.5 Å². The molecular weight excluding hydrogens is 424 g/mol. The molecule has 27 heavy (non-hydrogen) atoms. The Morgan fingerprint density at radius 2 is 1.93 bits per heavy atom. The molecule has 1 aliphatic rings. The number of carbonyl (C=O) groups is 1. The number of anilines is 1. The number of rotatable bonds is 4. The number of sulfonamides is 1. The normalized spacial score (nSPS) is 19.0. The summed E-state index contributed by atoms with van der Waals surface area (Å²) in [5.74, 6) is -0.315. The molecule has 1 aliphatic heterocycles. The van der Waals surface area contributed by atoms with Crippen molar-refractivity contribution in [2.45, 2.75) is 29.6 Å². The van der Waals surface area contributed by atoms with E-state index in [4.69, 9.17) is 0 Å². The zero-order chi connectivity index (χ0) is 19.2. The number of hydrogen-bond donors (Lipinski definition) is 1. The van der Waals surface area contributed by atoms with E-state index in [-0.39, 0.29) is 5.91 Å². The summed E-state index contributed by atoms with van der Waals surface area (Å²) in [4.78, 5) is 21.8. The number of benzene rings is 1. The quantitative estimate of drug-likeness (QED) is 0.623. The third-order valence-electron chi connectivity index (χ3n) is 4.48. The average Bonchev–Trinajstić information content (AvgIpc) is 3.23. The lowest BCUT2D eigenvalue weighted by molar-refractivity contribution is -0.120. The molecule has 1 amide bonds. The van der Waals surface area contributed by atoms with Crippen LogP contribution in [-0.4, -0.2) is 53.7 Å². The highest BCUT2D eigenvalue weighted by atomic mass is 32.2. The zero-order valence-electron chi connectivity index (χ0n) is 14.8. The fourth-order valence-electron chi connectivity index (χ4n) is 3.25. The van der Waals surface area contributed by atoms with Gasteiger partial charge >= 0.3 is 0 Å². The van der Waals surface area contributed by atoms with Crippen molar-refractivity contribution in [1.82, 2.24) is 14.3 Å². The number of hydrogen-bond acceptors (Lipinski definition) is 8. The highest BCUT2D eigenvalue weighted by Gasteiger charge is 2.34. The van der Waals surface area contributed by atoms with Crippen LogP contribution in [0.15, 0.2) is 16.5 Å². The molecule has 4 rings (SSSR count). The molecule has 0 aliphatic carbocycles. The Kier molecular flexibility index (Phi) is 5.14. The van der Waals surface area contributed by atoms with Gasteiger partial charge in [0.05, 0.1) is 26.7 Å². The SMILES string of the molecule is CSc1nc2ccc3nc(NC(=O)C4CCCCN4S(C)(=O)=O)sc3c2s1. The van der Waals surface area contributed by atoms with Crippen LogP contribution in [0.5, 0.6) is 0 Å². The second-order valence-electron chi connectivity index (χ2n) is 6.34. The largest absolute Gasteiger partial charge is 0.301 e. The van der Waals surface area contributed by atoms with E-state index >= 15 is 0 Å². The van der Waals surface area contributed by atoms with E-state index in [9.17, 15) is 13.2 Å². The fourth-order valence-corrected chi connectivity index (χ4v) is 7.03. The maximum absolute atomic E-state index is 12.8. The number of carbonyl (C=O) groups excluding carboxylic acids is 1. The van der Waals surface area contributed by atoms with Gasteiger partial charge in [0.2, 0.25) is 15.9 Å². The standard InChI is InChI=1S/C16H18N4O3S4/c1-24-16-18-10-7-6-9-12(13(10)26-16)25-15(17-9)19-14(21)11-5-3-4-8-20(11)27(2,22)23/h6-7,11H,3-5,8H2,1-2H3,(H,17,19,21). The van der Waals surface area contributed by atoms with Gasteiger partial charge in [0.1, 0.15) is 6.04 Å².